The van der Waals surface area contributed by atoms with Crippen molar-refractivity contribution < 1.29 is 14.3 Å². The average Bonchev–Trinajstić information content (AvgIpc) is 2.64. The molecule has 0 N–H and O–H groups in total. The summed E-state index contributed by atoms with van der Waals surface area (Å²) in [7, 11) is 0. The predicted molar refractivity (Wildman–Crippen MR) is 98.9 cm³/mol. The molecule has 0 aromatic heterocycles. The van der Waals surface area contributed by atoms with Gasteiger partial charge in [0.1, 0.15) is 11.5 Å². The van der Waals surface area contributed by atoms with E-state index in [9.17, 15) is 4.79 Å². The van der Waals surface area contributed by atoms with Crippen molar-refractivity contribution in [1.82, 2.24) is 0 Å². The molecule has 0 aliphatic rings. The molecule has 0 saturated heterocycles. The van der Waals surface area contributed by atoms with Crippen LogP contribution in [0.5, 0.6) is 11.5 Å². The van der Waals surface area contributed by atoms with Crippen LogP contribution in [0.3, 0.4) is 0 Å². The molecule has 25 heavy (non-hydrogen) atoms. The zero-order chi connectivity index (χ0) is 17.6. The van der Waals surface area contributed by atoms with Crippen molar-refractivity contribution in [2.45, 2.75) is 13.8 Å². The second kappa shape index (κ2) is 7.67. The number of benzene rings is 3. The van der Waals surface area contributed by atoms with E-state index in [4.69, 9.17) is 9.47 Å². The molecule has 0 amide bonds. The third kappa shape index (κ3) is 4.27. The molecular formula is C22H20O3. The Balaban J connectivity index is 1.71. The van der Waals surface area contributed by atoms with Crippen LogP contribution in [0.15, 0.2) is 72.8 Å². The Morgan fingerprint density at radius 3 is 2.36 bits per heavy atom. The molecule has 0 bridgehead atoms. The Morgan fingerprint density at radius 2 is 1.56 bits per heavy atom. The molecule has 0 aliphatic heterocycles. The SMILES string of the molecule is Cc1ccc(C)c(OCC(=O)Oc2ccccc2-c2ccccc2)c1. The quantitative estimate of drug-likeness (QED) is 0.489. The lowest BCUT2D eigenvalue weighted by molar-refractivity contribution is -0.136. The van der Waals surface area contributed by atoms with E-state index in [1.807, 2.05) is 80.6 Å². The van der Waals surface area contributed by atoms with Crippen molar-refractivity contribution in [1.29, 1.82) is 0 Å². The van der Waals surface area contributed by atoms with Gasteiger partial charge in [-0.25, -0.2) is 4.79 Å². The first-order valence-electron chi connectivity index (χ1n) is 8.18. The summed E-state index contributed by atoms with van der Waals surface area (Å²) in [4.78, 5) is 12.2. The van der Waals surface area contributed by atoms with E-state index in [-0.39, 0.29) is 6.61 Å². The molecule has 0 radical (unpaired) electrons. The first-order chi connectivity index (χ1) is 12.1. The van der Waals surface area contributed by atoms with Gasteiger partial charge in [0.25, 0.3) is 0 Å². The van der Waals surface area contributed by atoms with Gasteiger partial charge in [-0.1, -0.05) is 60.7 Å². The molecule has 126 valence electrons. The highest BCUT2D eigenvalue weighted by molar-refractivity contribution is 5.78. The minimum Gasteiger partial charge on any atom is -0.482 e. The monoisotopic (exact) mass is 332 g/mol. The molecule has 3 nitrogen and oxygen atoms in total. The fraction of sp³-hybridized carbons (Fsp3) is 0.136. The van der Waals surface area contributed by atoms with Crippen molar-refractivity contribution in [3.05, 3.63) is 83.9 Å². The van der Waals surface area contributed by atoms with Gasteiger partial charge in [0, 0.05) is 5.56 Å². The number of hydrogen-bond donors (Lipinski definition) is 0. The normalized spacial score (nSPS) is 10.3. The van der Waals surface area contributed by atoms with Crippen molar-refractivity contribution >= 4 is 5.97 Å². The van der Waals surface area contributed by atoms with Gasteiger partial charge in [0.2, 0.25) is 0 Å². The minimum atomic E-state index is -0.427. The summed E-state index contributed by atoms with van der Waals surface area (Å²) in [6.45, 7) is 3.80. The molecule has 0 atom stereocenters. The van der Waals surface area contributed by atoms with E-state index in [0.717, 1.165) is 22.3 Å². The fourth-order valence-electron chi connectivity index (χ4n) is 2.56. The highest BCUT2D eigenvalue weighted by Crippen LogP contribution is 2.29. The summed E-state index contributed by atoms with van der Waals surface area (Å²) >= 11 is 0. The van der Waals surface area contributed by atoms with Gasteiger partial charge in [0.15, 0.2) is 6.61 Å². The Labute approximate surface area is 147 Å². The van der Waals surface area contributed by atoms with Gasteiger partial charge in [-0.3, -0.25) is 0 Å². The molecule has 0 aliphatic carbocycles. The molecule has 3 rings (SSSR count). The smallest absolute Gasteiger partial charge is 0.349 e. The number of para-hydroxylation sites is 1. The standard InChI is InChI=1S/C22H20O3/c1-16-12-13-17(2)21(14-16)24-15-22(23)25-20-11-7-6-10-19(20)18-8-4-3-5-9-18/h3-14H,15H2,1-2H3. The van der Waals surface area contributed by atoms with E-state index in [2.05, 4.69) is 0 Å². The van der Waals surface area contributed by atoms with Gasteiger partial charge in [0.05, 0.1) is 0 Å². The summed E-state index contributed by atoms with van der Waals surface area (Å²) in [5, 5.41) is 0. The van der Waals surface area contributed by atoms with E-state index >= 15 is 0 Å². The lowest BCUT2D eigenvalue weighted by Crippen LogP contribution is -2.18. The van der Waals surface area contributed by atoms with Crippen molar-refractivity contribution in [3.63, 3.8) is 0 Å². The van der Waals surface area contributed by atoms with Crippen LogP contribution in [0.2, 0.25) is 0 Å². The molecule has 0 unspecified atom stereocenters. The maximum absolute atomic E-state index is 12.2. The molecule has 0 fully saturated rings. The van der Waals surface area contributed by atoms with E-state index in [0.29, 0.717) is 11.5 Å². The summed E-state index contributed by atoms with van der Waals surface area (Å²) in [5.74, 6) is 0.806. The molecule has 0 heterocycles. The first kappa shape index (κ1) is 16.8. The first-order valence-corrected chi connectivity index (χ1v) is 8.18. The number of carbonyl (C=O) groups is 1. The van der Waals surface area contributed by atoms with Crippen LogP contribution in [0.25, 0.3) is 11.1 Å². The molecule has 0 spiro atoms. The second-order valence-electron chi connectivity index (χ2n) is 5.89. The van der Waals surface area contributed by atoms with Crippen LogP contribution < -0.4 is 9.47 Å². The van der Waals surface area contributed by atoms with E-state index in [1.165, 1.54) is 0 Å². The van der Waals surface area contributed by atoms with Crippen molar-refractivity contribution in [2.24, 2.45) is 0 Å². The van der Waals surface area contributed by atoms with Gasteiger partial charge >= 0.3 is 5.97 Å². The summed E-state index contributed by atoms with van der Waals surface area (Å²) in [5.41, 5.74) is 3.95. The lowest BCUT2D eigenvalue weighted by atomic mass is 10.1. The average molecular weight is 332 g/mol. The van der Waals surface area contributed by atoms with Crippen LogP contribution >= 0.6 is 0 Å². The number of ether oxygens (including phenoxy) is 2. The van der Waals surface area contributed by atoms with Crippen molar-refractivity contribution in [2.75, 3.05) is 6.61 Å². The van der Waals surface area contributed by atoms with Gasteiger partial charge < -0.3 is 9.47 Å². The van der Waals surface area contributed by atoms with E-state index < -0.39 is 5.97 Å². The molecule has 3 heteroatoms. The largest absolute Gasteiger partial charge is 0.482 e. The number of rotatable bonds is 5. The summed E-state index contributed by atoms with van der Waals surface area (Å²) < 4.78 is 11.2. The van der Waals surface area contributed by atoms with E-state index in [1.54, 1.807) is 6.07 Å². The van der Waals surface area contributed by atoms with Gasteiger partial charge in [-0.15, -0.1) is 0 Å². The Morgan fingerprint density at radius 1 is 0.840 bits per heavy atom. The number of esters is 1. The van der Waals surface area contributed by atoms with Gasteiger partial charge in [-0.05, 0) is 42.7 Å². The molecule has 3 aromatic rings. The maximum atomic E-state index is 12.2. The van der Waals surface area contributed by atoms with Crippen LogP contribution in [-0.4, -0.2) is 12.6 Å². The second-order valence-corrected chi connectivity index (χ2v) is 5.89. The third-order valence-electron chi connectivity index (χ3n) is 3.88. The van der Waals surface area contributed by atoms with Crippen LogP contribution in [0.1, 0.15) is 11.1 Å². The molecule has 3 aromatic carbocycles. The third-order valence-corrected chi connectivity index (χ3v) is 3.88. The van der Waals surface area contributed by atoms with Crippen LogP contribution in [0.4, 0.5) is 0 Å². The Kier molecular flexibility index (Phi) is 5.14. The van der Waals surface area contributed by atoms with Crippen LogP contribution in [0, 0.1) is 13.8 Å². The zero-order valence-electron chi connectivity index (χ0n) is 14.4. The molecular weight excluding hydrogens is 312 g/mol. The zero-order valence-corrected chi connectivity index (χ0v) is 14.4. The lowest BCUT2D eigenvalue weighted by Gasteiger charge is -2.12. The van der Waals surface area contributed by atoms with Crippen molar-refractivity contribution in [3.8, 4) is 22.6 Å². The topological polar surface area (TPSA) is 35.5 Å². The Hall–Kier alpha value is -3.07. The summed E-state index contributed by atoms with van der Waals surface area (Å²) in [6, 6.07) is 23.2. The predicted octanol–water partition coefficient (Wildman–Crippen LogP) is 4.95. The fourth-order valence-corrected chi connectivity index (χ4v) is 2.56. The highest BCUT2D eigenvalue weighted by Gasteiger charge is 2.12. The Bertz CT molecular complexity index is 869. The number of aryl methyl sites for hydroxylation is 2. The van der Waals surface area contributed by atoms with Crippen LogP contribution in [-0.2, 0) is 4.79 Å². The maximum Gasteiger partial charge on any atom is 0.349 e. The van der Waals surface area contributed by atoms with Gasteiger partial charge in [-0.2, -0.15) is 0 Å². The highest BCUT2D eigenvalue weighted by atomic mass is 16.6. The molecule has 0 saturated carbocycles. The minimum absolute atomic E-state index is 0.132. The number of carbonyl (C=O) groups excluding carboxylic acids is 1. The number of hydrogen-bond acceptors (Lipinski definition) is 3. The summed E-state index contributed by atoms with van der Waals surface area (Å²) in [6.07, 6.45) is 0.